The average molecular weight is 372 g/mol. The van der Waals surface area contributed by atoms with Crippen LogP contribution in [0.1, 0.15) is 27.2 Å². The molecule has 1 aromatic heterocycles. The summed E-state index contributed by atoms with van der Waals surface area (Å²) in [5, 5.41) is 4.55. The summed E-state index contributed by atoms with van der Waals surface area (Å²) in [7, 11) is 2.02. The number of nitrogens with zero attached hydrogens (tertiary/aromatic N) is 1. The second-order valence-electron chi connectivity index (χ2n) is 4.35. The molecule has 0 aliphatic heterocycles. The molecule has 96 valence electrons. The number of rotatable bonds is 4. The molecular formula is C14H17IN2S. The smallest absolute Gasteiger partial charge is 0.0900 e. The van der Waals surface area contributed by atoms with Crippen molar-refractivity contribution in [2.45, 2.75) is 26.3 Å². The van der Waals surface area contributed by atoms with Crippen molar-refractivity contribution in [2.75, 3.05) is 7.05 Å². The van der Waals surface area contributed by atoms with Gasteiger partial charge in [-0.25, -0.2) is 4.98 Å². The van der Waals surface area contributed by atoms with E-state index >= 15 is 0 Å². The number of aromatic nitrogens is 1. The monoisotopic (exact) mass is 372 g/mol. The van der Waals surface area contributed by atoms with E-state index in [1.807, 2.05) is 7.05 Å². The predicted octanol–water partition coefficient (Wildman–Crippen LogP) is 3.87. The number of likely N-dealkylation sites (N-methyl/N-ethyl adjacent to an activating group) is 1. The van der Waals surface area contributed by atoms with E-state index in [0.29, 0.717) is 6.04 Å². The number of benzene rings is 1. The Morgan fingerprint density at radius 3 is 2.44 bits per heavy atom. The zero-order valence-electron chi connectivity index (χ0n) is 10.8. The van der Waals surface area contributed by atoms with Crippen molar-refractivity contribution in [3.63, 3.8) is 0 Å². The van der Waals surface area contributed by atoms with Crippen LogP contribution in [0.2, 0.25) is 0 Å². The number of thiazole rings is 1. The van der Waals surface area contributed by atoms with E-state index in [1.54, 1.807) is 11.3 Å². The van der Waals surface area contributed by atoms with E-state index in [4.69, 9.17) is 0 Å². The molecule has 2 aromatic rings. The van der Waals surface area contributed by atoms with Crippen LogP contribution in [0.4, 0.5) is 0 Å². The van der Waals surface area contributed by atoms with Crippen LogP contribution in [-0.4, -0.2) is 12.0 Å². The third-order valence-corrected chi connectivity index (χ3v) is 4.86. The maximum atomic E-state index is 4.51. The topological polar surface area (TPSA) is 24.9 Å². The van der Waals surface area contributed by atoms with Gasteiger partial charge in [-0.05, 0) is 67.6 Å². The summed E-state index contributed by atoms with van der Waals surface area (Å²) in [6.45, 7) is 4.16. The van der Waals surface area contributed by atoms with Crippen molar-refractivity contribution in [2.24, 2.45) is 0 Å². The Kier molecular flexibility index (Phi) is 4.75. The molecule has 0 saturated carbocycles. The van der Waals surface area contributed by atoms with Crippen LogP contribution >= 0.6 is 33.9 Å². The maximum absolute atomic E-state index is 4.51. The third kappa shape index (κ3) is 3.30. The van der Waals surface area contributed by atoms with E-state index in [2.05, 4.69) is 71.0 Å². The van der Waals surface area contributed by atoms with Gasteiger partial charge in [-0.3, -0.25) is 0 Å². The number of hydrogen-bond acceptors (Lipinski definition) is 3. The van der Waals surface area contributed by atoms with Crippen molar-refractivity contribution in [3.05, 3.63) is 49.0 Å². The molecule has 2 nitrogen and oxygen atoms in total. The molecule has 1 atom stereocenters. The molecule has 0 amide bonds. The van der Waals surface area contributed by atoms with Gasteiger partial charge >= 0.3 is 0 Å². The third-order valence-electron chi connectivity index (χ3n) is 2.96. The van der Waals surface area contributed by atoms with Crippen LogP contribution in [0, 0.1) is 17.4 Å². The lowest BCUT2D eigenvalue weighted by Gasteiger charge is -2.15. The zero-order valence-corrected chi connectivity index (χ0v) is 13.8. The highest BCUT2D eigenvalue weighted by molar-refractivity contribution is 14.1. The molecule has 0 fully saturated rings. The molecule has 1 aromatic carbocycles. The SMILES string of the molecule is CNC(Cc1ccc(I)cc1)c1sc(C)nc1C. The molecular weight excluding hydrogens is 355 g/mol. The summed E-state index contributed by atoms with van der Waals surface area (Å²) >= 11 is 4.13. The fourth-order valence-electron chi connectivity index (χ4n) is 2.05. The van der Waals surface area contributed by atoms with Gasteiger partial charge in [-0.1, -0.05) is 12.1 Å². The van der Waals surface area contributed by atoms with Crippen LogP contribution in [0.5, 0.6) is 0 Å². The quantitative estimate of drug-likeness (QED) is 0.825. The van der Waals surface area contributed by atoms with Gasteiger partial charge in [0.1, 0.15) is 0 Å². The van der Waals surface area contributed by atoms with Gasteiger partial charge in [0, 0.05) is 14.5 Å². The lowest BCUT2D eigenvalue weighted by molar-refractivity contribution is 0.598. The van der Waals surface area contributed by atoms with E-state index in [-0.39, 0.29) is 0 Å². The fraction of sp³-hybridized carbons (Fsp3) is 0.357. The van der Waals surface area contributed by atoms with Gasteiger partial charge < -0.3 is 5.32 Å². The van der Waals surface area contributed by atoms with E-state index < -0.39 is 0 Å². The Morgan fingerprint density at radius 2 is 1.94 bits per heavy atom. The van der Waals surface area contributed by atoms with E-state index in [0.717, 1.165) is 17.1 Å². The Labute approximate surface area is 126 Å². The van der Waals surface area contributed by atoms with Gasteiger partial charge in [0.05, 0.1) is 10.7 Å². The molecule has 2 rings (SSSR count). The van der Waals surface area contributed by atoms with Crippen molar-refractivity contribution in [1.82, 2.24) is 10.3 Å². The minimum Gasteiger partial charge on any atom is -0.312 e. The molecule has 0 saturated heterocycles. The normalized spacial score (nSPS) is 12.7. The largest absolute Gasteiger partial charge is 0.312 e. The molecule has 0 spiro atoms. The zero-order chi connectivity index (χ0) is 13.1. The molecule has 1 heterocycles. The summed E-state index contributed by atoms with van der Waals surface area (Å²) in [6, 6.07) is 9.09. The number of halogens is 1. The highest BCUT2D eigenvalue weighted by Gasteiger charge is 2.16. The first-order chi connectivity index (χ1) is 8.60. The van der Waals surface area contributed by atoms with Gasteiger partial charge in [0.25, 0.3) is 0 Å². The molecule has 1 unspecified atom stereocenters. The van der Waals surface area contributed by atoms with Crippen molar-refractivity contribution >= 4 is 33.9 Å². The van der Waals surface area contributed by atoms with Crippen LogP contribution in [0.25, 0.3) is 0 Å². The number of hydrogen-bond donors (Lipinski definition) is 1. The average Bonchev–Trinajstić information content (AvgIpc) is 2.68. The lowest BCUT2D eigenvalue weighted by atomic mass is 10.0. The summed E-state index contributed by atoms with van der Waals surface area (Å²) in [5.41, 5.74) is 2.52. The molecule has 0 aliphatic rings. The molecule has 0 bridgehead atoms. The molecule has 0 aliphatic carbocycles. The standard InChI is InChI=1S/C14H17IN2S/c1-9-14(18-10(2)17-9)13(16-3)8-11-4-6-12(15)7-5-11/h4-7,13,16H,8H2,1-3H3. The number of nitrogens with one attached hydrogen (secondary N) is 1. The summed E-state index contributed by atoms with van der Waals surface area (Å²) in [6.07, 6.45) is 1.01. The minimum absolute atomic E-state index is 0.358. The van der Waals surface area contributed by atoms with Gasteiger partial charge in [-0.15, -0.1) is 11.3 Å². The minimum atomic E-state index is 0.358. The number of aryl methyl sites for hydroxylation is 2. The van der Waals surface area contributed by atoms with Crippen LogP contribution in [0.3, 0.4) is 0 Å². The summed E-state index contributed by atoms with van der Waals surface area (Å²) < 4.78 is 1.28. The van der Waals surface area contributed by atoms with Crippen molar-refractivity contribution in [1.29, 1.82) is 0 Å². The van der Waals surface area contributed by atoms with Crippen LogP contribution in [-0.2, 0) is 6.42 Å². The predicted molar refractivity (Wildman–Crippen MR) is 86.3 cm³/mol. The lowest BCUT2D eigenvalue weighted by Crippen LogP contribution is -2.18. The van der Waals surface area contributed by atoms with E-state index in [9.17, 15) is 0 Å². The Morgan fingerprint density at radius 1 is 1.28 bits per heavy atom. The van der Waals surface area contributed by atoms with Gasteiger partial charge in [-0.2, -0.15) is 0 Å². The van der Waals surface area contributed by atoms with Gasteiger partial charge in [0.15, 0.2) is 0 Å². The Bertz CT molecular complexity index is 519. The fourth-order valence-corrected chi connectivity index (χ4v) is 3.45. The van der Waals surface area contributed by atoms with Crippen molar-refractivity contribution in [3.8, 4) is 0 Å². The van der Waals surface area contributed by atoms with Crippen LogP contribution in [0.15, 0.2) is 24.3 Å². The van der Waals surface area contributed by atoms with E-state index in [1.165, 1.54) is 14.0 Å². The first-order valence-corrected chi connectivity index (χ1v) is 7.85. The highest BCUT2D eigenvalue weighted by Crippen LogP contribution is 2.27. The first kappa shape index (κ1) is 14.0. The maximum Gasteiger partial charge on any atom is 0.0900 e. The first-order valence-electron chi connectivity index (χ1n) is 5.95. The molecule has 1 N–H and O–H groups in total. The second-order valence-corrected chi connectivity index (χ2v) is 6.83. The van der Waals surface area contributed by atoms with Crippen LogP contribution < -0.4 is 5.32 Å². The molecule has 0 radical (unpaired) electrons. The summed E-state index contributed by atoms with van der Waals surface area (Å²) in [5.74, 6) is 0. The van der Waals surface area contributed by atoms with Crippen molar-refractivity contribution < 1.29 is 0 Å². The Hall–Kier alpha value is -0.460. The Balaban J connectivity index is 2.19. The molecule has 18 heavy (non-hydrogen) atoms. The van der Waals surface area contributed by atoms with Gasteiger partial charge in [0.2, 0.25) is 0 Å². The second kappa shape index (κ2) is 6.12. The molecule has 4 heteroatoms. The highest BCUT2D eigenvalue weighted by atomic mass is 127. The summed E-state index contributed by atoms with van der Waals surface area (Å²) in [4.78, 5) is 5.87.